The van der Waals surface area contributed by atoms with Crippen LogP contribution in [0.15, 0.2) is 47.8 Å². The normalized spacial score (nSPS) is 10.5. The van der Waals surface area contributed by atoms with Crippen LogP contribution in [0, 0.1) is 13.8 Å². The van der Waals surface area contributed by atoms with Gasteiger partial charge in [-0.2, -0.15) is 0 Å². The van der Waals surface area contributed by atoms with Gasteiger partial charge in [0.15, 0.2) is 5.69 Å². The number of hydrogen-bond donors (Lipinski definition) is 1. The van der Waals surface area contributed by atoms with Crippen LogP contribution in [0.2, 0.25) is 0 Å². The first-order chi connectivity index (χ1) is 12.5. The third-order valence-electron chi connectivity index (χ3n) is 3.97. The number of rotatable bonds is 7. The highest BCUT2D eigenvalue weighted by Crippen LogP contribution is 2.27. The Morgan fingerprint density at radius 3 is 2.65 bits per heavy atom. The standard InChI is InChI=1S/C20H19NO4S/c1-13-5-3-8-18(14(13)2)25-10-9-24-16-7-4-6-15(11-16)19-21-17(12-26-19)20(22)23/h3-8,11-12H,9-10H2,1-2H3,(H,22,23). The number of aromatic nitrogens is 1. The van der Waals surface area contributed by atoms with Gasteiger partial charge in [-0.15, -0.1) is 11.3 Å². The Morgan fingerprint density at radius 1 is 1.12 bits per heavy atom. The Bertz CT molecular complexity index is 920. The molecule has 3 aromatic rings. The number of hydrogen-bond acceptors (Lipinski definition) is 5. The molecule has 1 N–H and O–H groups in total. The van der Waals surface area contributed by atoms with Crippen LogP contribution in [0.25, 0.3) is 10.6 Å². The molecular weight excluding hydrogens is 350 g/mol. The molecular formula is C20H19NO4S. The van der Waals surface area contributed by atoms with E-state index < -0.39 is 5.97 Å². The predicted molar refractivity (Wildman–Crippen MR) is 101 cm³/mol. The maximum absolute atomic E-state index is 11.0. The molecule has 0 radical (unpaired) electrons. The molecule has 3 rings (SSSR count). The van der Waals surface area contributed by atoms with E-state index in [0.29, 0.717) is 24.0 Å². The Kier molecular flexibility index (Phi) is 5.53. The number of ether oxygens (including phenoxy) is 2. The van der Waals surface area contributed by atoms with E-state index in [2.05, 4.69) is 18.0 Å². The van der Waals surface area contributed by atoms with Crippen LogP contribution in [0.1, 0.15) is 21.6 Å². The van der Waals surface area contributed by atoms with E-state index >= 15 is 0 Å². The Balaban J connectivity index is 1.58. The summed E-state index contributed by atoms with van der Waals surface area (Å²) in [6.45, 7) is 4.94. The van der Waals surface area contributed by atoms with Gasteiger partial charge in [-0.1, -0.05) is 24.3 Å². The second-order valence-corrected chi connectivity index (χ2v) is 6.62. The predicted octanol–water partition coefficient (Wildman–Crippen LogP) is 4.58. The molecule has 5 nitrogen and oxygen atoms in total. The first-order valence-corrected chi connectivity index (χ1v) is 9.03. The third kappa shape index (κ3) is 4.21. The molecule has 0 saturated heterocycles. The highest BCUT2D eigenvalue weighted by molar-refractivity contribution is 7.13. The molecule has 0 aliphatic carbocycles. The van der Waals surface area contributed by atoms with Crippen molar-refractivity contribution in [2.45, 2.75) is 13.8 Å². The fourth-order valence-electron chi connectivity index (χ4n) is 2.42. The average Bonchev–Trinajstić information content (AvgIpc) is 3.13. The summed E-state index contributed by atoms with van der Waals surface area (Å²) in [6, 6.07) is 13.4. The number of carboxylic acid groups (broad SMARTS) is 1. The fourth-order valence-corrected chi connectivity index (χ4v) is 3.21. The summed E-state index contributed by atoms with van der Waals surface area (Å²) in [5.74, 6) is 0.536. The molecule has 0 atom stereocenters. The molecule has 0 amide bonds. The Labute approximate surface area is 155 Å². The first kappa shape index (κ1) is 17.9. The Morgan fingerprint density at radius 2 is 1.88 bits per heavy atom. The maximum atomic E-state index is 11.0. The maximum Gasteiger partial charge on any atom is 0.355 e. The molecule has 2 aromatic carbocycles. The summed E-state index contributed by atoms with van der Waals surface area (Å²) in [5.41, 5.74) is 3.21. The van der Waals surface area contributed by atoms with Gasteiger partial charge >= 0.3 is 5.97 Å². The smallest absolute Gasteiger partial charge is 0.355 e. The van der Waals surface area contributed by atoms with E-state index in [9.17, 15) is 4.79 Å². The fraction of sp³-hybridized carbons (Fsp3) is 0.200. The molecule has 6 heteroatoms. The van der Waals surface area contributed by atoms with Gasteiger partial charge in [-0.25, -0.2) is 9.78 Å². The van der Waals surface area contributed by atoms with Crippen molar-refractivity contribution in [3.8, 4) is 22.1 Å². The molecule has 0 unspecified atom stereocenters. The minimum Gasteiger partial charge on any atom is -0.490 e. The Hall–Kier alpha value is -2.86. The van der Waals surface area contributed by atoms with Crippen molar-refractivity contribution in [2.24, 2.45) is 0 Å². The van der Waals surface area contributed by atoms with Crippen LogP contribution in [-0.2, 0) is 0 Å². The number of carbonyl (C=O) groups is 1. The lowest BCUT2D eigenvalue weighted by atomic mass is 10.1. The zero-order chi connectivity index (χ0) is 18.5. The van der Waals surface area contributed by atoms with Crippen molar-refractivity contribution >= 4 is 17.3 Å². The van der Waals surface area contributed by atoms with Crippen molar-refractivity contribution in [1.82, 2.24) is 4.98 Å². The molecule has 1 heterocycles. The number of thiazole rings is 1. The van der Waals surface area contributed by atoms with Crippen LogP contribution in [0.5, 0.6) is 11.5 Å². The summed E-state index contributed by atoms with van der Waals surface area (Å²) < 4.78 is 11.5. The molecule has 26 heavy (non-hydrogen) atoms. The van der Waals surface area contributed by atoms with Crippen molar-refractivity contribution in [3.05, 3.63) is 64.7 Å². The first-order valence-electron chi connectivity index (χ1n) is 8.15. The van der Waals surface area contributed by atoms with E-state index in [4.69, 9.17) is 14.6 Å². The van der Waals surface area contributed by atoms with E-state index in [1.807, 2.05) is 43.3 Å². The van der Waals surface area contributed by atoms with E-state index in [-0.39, 0.29) is 5.69 Å². The topological polar surface area (TPSA) is 68.7 Å². The molecule has 0 aliphatic heterocycles. The lowest BCUT2D eigenvalue weighted by molar-refractivity contribution is 0.0691. The van der Waals surface area contributed by atoms with Gasteiger partial charge in [0.2, 0.25) is 0 Å². The van der Waals surface area contributed by atoms with Crippen LogP contribution >= 0.6 is 11.3 Å². The molecule has 0 aliphatic rings. The minimum atomic E-state index is -1.02. The van der Waals surface area contributed by atoms with E-state index in [1.165, 1.54) is 22.3 Å². The summed E-state index contributed by atoms with van der Waals surface area (Å²) in [7, 11) is 0. The summed E-state index contributed by atoms with van der Waals surface area (Å²) in [5, 5.41) is 11.2. The number of nitrogens with zero attached hydrogens (tertiary/aromatic N) is 1. The molecule has 134 valence electrons. The van der Waals surface area contributed by atoms with Gasteiger partial charge in [0.05, 0.1) is 0 Å². The van der Waals surface area contributed by atoms with Crippen LogP contribution in [0.4, 0.5) is 0 Å². The summed E-state index contributed by atoms with van der Waals surface area (Å²) >= 11 is 1.30. The molecule has 0 saturated carbocycles. The molecule has 0 spiro atoms. The number of benzene rings is 2. The SMILES string of the molecule is Cc1cccc(OCCOc2cccc(-c3nc(C(=O)O)cs3)c2)c1C. The second kappa shape index (κ2) is 8.01. The third-order valence-corrected chi connectivity index (χ3v) is 4.86. The average molecular weight is 369 g/mol. The van der Waals surface area contributed by atoms with Gasteiger partial charge < -0.3 is 14.6 Å². The number of aromatic carboxylic acids is 1. The lowest BCUT2D eigenvalue weighted by Gasteiger charge is -2.12. The second-order valence-electron chi connectivity index (χ2n) is 5.77. The summed E-state index contributed by atoms with van der Waals surface area (Å²) in [6.07, 6.45) is 0. The quantitative estimate of drug-likeness (QED) is 0.617. The van der Waals surface area contributed by atoms with Crippen molar-refractivity contribution in [1.29, 1.82) is 0 Å². The van der Waals surface area contributed by atoms with Gasteiger partial charge in [0.25, 0.3) is 0 Å². The van der Waals surface area contributed by atoms with Gasteiger partial charge in [0, 0.05) is 10.9 Å². The zero-order valence-corrected chi connectivity index (χ0v) is 15.4. The monoisotopic (exact) mass is 369 g/mol. The molecule has 0 fully saturated rings. The van der Waals surface area contributed by atoms with E-state index in [0.717, 1.165) is 16.9 Å². The van der Waals surface area contributed by atoms with Gasteiger partial charge in [0.1, 0.15) is 29.7 Å². The van der Waals surface area contributed by atoms with Crippen LogP contribution in [-0.4, -0.2) is 29.3 Å². The highest BCUT2D eigenvalue weighted by Gasteiger charge is 2.10. The molecule has 0 bridgehead atoms. The zero-order valence-electron chi connectivity index (χ0n) is 14.6. The highest BCUT2D eigenvalue weighted by atomic mass is 32.1. The van der Waals surface area contributed by atoms with E-state index in [1.54, 1.807) is 0 Å². The van der Waals surface area contributed by atoms with Crippen molar-refractivity contribution in [3.63, 3.8) is 0 Å². The van der Waals surface area contributed by atoms with Crippen molar-refractivity contribution in [2.75, 3.05) is 13.2 Å². The lowest BCUT2D eigenvalue weighted by Crippen LogP contribution is -2.09. The van der Waals surface area contributed by atoms with Crippen LogP contribution < -0.4 is 9.47 Å². The minimum absolute atomic E-state index is 0.0539. The van der Waals surface area contributed by atoms with Gasteiger partial charge in [-0.05, 0) is 43.2 Å². The van der Waals surface area contributed by atoms with Crippen LogP contribution in [0.3, 0.4) is 0 Å². The number of aryl methyl sites for hydroxylation is 1. The number of carboxylic acids is 1. The van der Waals surface area contributed by atoms with Gasteiger partial charge in [-0.3, -0.25) is 0 Å². The largest absolute Gasteiger partial charge is 0.490 e. The van der Waals surface area contributed by atoms with Crippen molar-refractivity contribution < 1.29 is 19.4 Å². The molecule has 1 aromatic heterocycles. The summed E-state index contributed by atoms with van der Waals surface area (Å²) in [4.78, 5) is 15.1.